The number of pyridine rings is 1. The third kappa shape index (κ3) is 2.36. The normalized spacial score (nSPS) is 19.4. The number of hydrogen-bond donors (Lipinski definition) is 1. The standard InChI is InChI=1S/C21H18ClN3O/c1-12-5-4-6-13-11-16(19(22)24-18(12)13)20-23-17-8-3-2-7-15(17)21(26)25(20)14-9-10-14/h2-8,11,14,20,23H,9-10H2,1H3. The Hall–Kier alpha value is -2.59. The van der Waals surface area contributed by atoms with Gasteiger partial charge in [-0.15, -0.1) is 0 Å². The fourth-order valence-electron chi connectivity index (χ4n) is 3.76. The maximum absolute atomic E-state index is 13.1. The zero-order chi connectivity index (χ0) is 17.8. The van der Waals surface area contributed by atoms with Crippen molar-refractivity contribution in [3.63, 3.8) is 0 Å². The average molecular weight is 364 g/mol. The van der Waals surface area contributed by atoms with Crippen LogP contribution in [0, 0.1) is 6.92 Å². The van der Waals surface area contributed by atoms with Gasteiger partial charge in [0.15, 0.2) is 0 Å². The van der Waals surface area contributed by atoms with E-state index < -0.39 is 0 Å². The highest BCUT2D eigenvalue weighted by Gasteiger charge is 2.42. The number of halogens is 1. The van der Waals surface area contributed by atoms with Crippen molar-refractivity contribution in [1.29, 1.82) is 0 Å². The smallest absolute Gasteiger partial charge is 0.258 e. The lowest BCUT2D eigenvalue weighted by atomic mass is 10.0. The summed E-state index contributed by atoms with van der Waals surface area (Å²) in [6, 6.07) is 16.1. The van der Waals surface area contributed by atoms with Crippen LogP contribution in [-0.4, -0.2) is 21.8 Å². The number of aryl methyl sites for hydroxylation is 1. The van der Waals surface area contributed by atoms with Crippen molar-refractivity contribution in [1.82, 2.24) is 9.88 Å². The van der Waals surface area contributed by atoms with Crippen LogP contribution in [0.15, 0.2) is 48.5 Å². The average Bonchev–Trinajstić information content (AvgIpc) is 3.47. The van der Waals surface area contributed by atoms with Crippen LogP contribution in [0.25, 0.3) is 10.9 Å². The number of fused-ring (bicyclic) bond motifs is 2. The predicted octanol–water partition coefficient (Wildman–Crippen LogP) is 4.93. The molecule has 2 aromatic carbocycles. The SMILES string of the molecule is Cc1cccc2cc(C3Nc4ccccc4C(=O)N3C3CC3)c(Cl)nc12. The summed E-state index contributed by atoms with van der Waals surface area (Å²) >= 11 is 6.58. The quantitative estimate of drug-likeness (QED) is 0.657. The molecule has 1 aliphatic carbocycles. The molecule has 4 nitrogen and oxygen atoms in total. The first-order valence-corrected chi connectivity index (χ1v) is 9.25. The Balaban J connectivity index is 1.68. The van der Waals surface area contributed by atoms with Crippen LogP contribution in [0.2, 0.25) is 5.15 Å². The first-order chi connectivity index (χ1) is 12.6. The number of carbonyl (C=O) groups excluding carboxylic acids is 1. The molecule has 26 heavy (non-hydrogen) atoms. The van der Waals surface area contributed by atoms with Gasteiger partial charge in [-0.1, -0.05) is 41.9 Å². The fraction of sp³-hybridized carbons (Fsp3) is 0.238. The summed E-state index contributed by atoms with van der Waals surface area (Å²) in [5.41, 5.74) is 4.41. The molecule has 0 radical (unpaired) electrons. The fourth-order valence-corrected chi connectivity index (χ4v) is 4.00. The zero-order valence-corrected chi connectivity index (χ0v) is 15.1. The van der Waals surface area contributed by atoms with Gasteiger partial charge in [0.25, 0.3) is 5.91 Å². The lowest BCUT2D eigenvalue weighted by Gasteiger charge is -2.38. The maximum Gasteiger partial charge on any atom is 0.258 e. The minimum absolute atomic E-state index is 0.0623. The molecule has 1 amide bonds. The summed E-state index contributed by atoms with van der Waals surface area (Å²) in [6.45, 7) is 2.03. The van der Waals surface area contributed by atoms with Gasteiger partial charge in [-0.3, -0.25) is 4.79 Å². The molecule has 130 valence electrons. The van der Waals surface area contributed by atoms with Crippen molar-refractivity contribution in [3.05, 3.63) is 70.4 Å². The zero-order valence-electron chi connectivity index (χ0n) is 14.4. The Labute approximate surface area is 156 Å². The molecule has 0 spiro atoms. The Morgan fingerprint density at radius 2 is 1.96 bits per heavy atom. The van der Waals surface area contributed by atoms with E-state index in [9.17, 15) is 4.79 Å². The number of benzene rings is 2. The number of anilines is 1. The topological polar surface area (TPSA) is 45.2 Å². The Kier molecular flexibility index (Phi) is 3.44. The van der Waals surface area contributed by atoms with Crippen molar-refractivity contribution in [2.24, 2.45) is 0 Å². The molecule has 1 atom stereocenters. The van der Waals surface area contributed by atoms with E-state index in [1.807, 2.05) is 54.3 Å². The van der Waals surface area contributed by atoms with E-state index in [2.05, 4.69) is 16.4 Å². The van der Waals surface area contributed by atoms with Crippen LogP contribution in [0.5, 0.6) is 0 Å². The highest BCUT2D eigenvalue weighted by molar-refractivity contribution is 6.30. The Bertz CT molecular complexity index is 1040. The van der Waals surface area contributed by atoms with Gasteiger partial charge >= 0.3 is 0 Å². The number of nitrogens with zero attached hydrogens (tertiary/aromatic N) is 2. The van der Waals surface area contributed by atoms with Crippen LogP contribution in [0.1, 0.15) is 40.5 Å². The molecule has 1 N–H and O–H groups in total. The number of rotatable bonds is 2. The number of para-hydroxylation sites is 2. The second-order valence-electron chi connectivity index (χ2n) is 7.05. The van der Waals surface area contributed by atoms with Crippen molar-refractivity contribution in [2.45, 2.75) is 32.0 Å². The molecule has 5 rings (SSSR count). The van der Waals surface area contributed by atoms with Gasteiger partial charge in [0.1, 0.15) is 11.3 Å². The maximum atomic E-state index is 13.1. The molecule has 0 bridgehead atoms. The molecule has 1 unspecified atom stereocenters. The second-order valence-corrected chi connectivity index (χ2v) is 7.41. The summed E-state index contributed by atoms with van der Waals surface area (Å²) in [4.78, 5) is 19.7. The van der Waals surface area contributed by atoms with Crippen LogP contribution >= 0.6 is 11.6 Å². The van der Waals surface area contributed by atoms with E-state index in [-0.39, 0.29) is 18.1 Å². The third-order valence-corrected chi connectivity index (χ3v) is 5.53. The first kappa shape index (κ1) is 15.6. The molecule has 1 saturated carbocycles. The van der Waals surface area contributed by atoms with E-state index in [0.29, 0.717) is 5.15 Å². The molecular weight excluding hydrogens is 346 g/mol. The van der Waals surface area contributed by atoms with Crippen molar-refractivity contribution >= 4 is 34.1 Å². The summed E-state index contributed by atoms with van der Waals surface area (Å²) in [6.07, 6.45) is 1.77. The highest BCUT2D eigenvalue weighted by atomic mass is 35.5. The van der Waals surface area contributed by atoms with Gasteiger partial charge in [-0.05, 0) is 43.5 Å². The van der Waals surface area contributed by atoms with Gasteiger partial charge in [0.2, 0.25) is 0 Å². The monoisotopic (exact) mass is 363 g/mol. The molecule has 1 aromatic heterocycles. The van der Waals surface area contributed by atoms with E-state index >= 15 is 0 Å². The van der Waals surface area contributed by atoms with Gasteiger partial charge in [-0.25, -0.2) is 4.98 Å². The molecule has 0 saturated heterocycles. The molecule has 1 fully saturated rings. The van der Waals surface area contributed by atoms with E-state index in [0.717, 1.165) is 46.1 Å². The second kappa shape index (κ2) is 5.71. The molecule has 2 aliphatic rings. The van der Waals surface area contributed by atoms with Crippen molar-refractivity contribution in [3.8, 4) is 0 Å². The highest BCUT2D eigenvalue weighted by Crippen LogP contribution is 2.42. The van der Waals surface area contributed by atoms with Crippen LogP contribution in [-0.2, 0) is 0 Å². The number of carbonyl (C=O) groups is 1. The van der Waals surface area contributed by atoms with Gasteiger partial charge in [0.05, 0.1) is 11.1 Å². The van der Waals surface area contributed by atoms with Gasteiger partial charge < -0.3 is 10.2 Å². The first-order valence-electron chi connectivity index (χ1n) is 8.87. The number of nitrogens with one attached hydrogen (secondary N) is 1. The minimum atomic E-state index is -0.296. The summed E-state index contributed by atoms with van der Waals surface area (Å²) < 4.78 is 0. The van der Waals surface area contributed by atoms with Crippen molar-refractivity contribution in [2.75, 3.05) is 5.32 Å². The van der Waals surface area contributed by atoms with E-state index in [1.165, 1.54) is 0 Å². The third-order valence-electron chi connectivity index (χ3n) is 5.23. The van der Waals surface area contributed by atoms with Crippen molar-refractivity contribution < 1.29 is 4.79 Å². The lowest BCUT2D eigenvalue weighted by Crippen LogP contribution is -2.44. The Morgan fingerprint density at radius 1 is 1.15 bits per heavy atom. The molecule has 3 aromatic rings. The Morgan fingerprint density at radius 3 is 2.77 bits per heavy atom. The number of amides is 1. The van der Waals surface area contributed by atoms with Crippen LogP contribution < -0.4 is 5.32 Å². The van der Waals surface area contributed by atoms with Gasteiger partial charge in [0, 0.05) is 22.7 Å². The molecule has 5 heteroatoms. The minimum Gasteiger partial charge on any atom is -0.361 e. The van der Waals surface area contributed by atoms with Crippen LogP contribution in [0.4, 0.5) is 5.69 Å². The summed E-state index contributed by atoms with van der Waals surface area (Å²) in [5, 5.41) is 5.00. The molecule has 2 heterocycles. The molecular formula is C21H18ClN3O. The lowest BCUT2D eigenvalue weighted by molar-refractivity contribution is 0.0666. The molecule has 1 aliphatic heterocycles. The summed E-state index contributed by atoms with van der Waals surface area (Å²) in [7, 11) is 0. The largest absolute Gasteiger partial charge is 0.361 e. The number of hydrogen-bond acceptors (Lipinski definition) is 3. The van der Waals surface area contributed by atoms with Gasteiger partial charge in [-0.2, -0.15) is 0 Å². The van der Waals surface area contributed by atoms with E-state index in [4.69, 9.17) is 11.6 Å². The van der Waals surface area contributed by atoms with E-state index in [1.54, 1.807) is 0 Å². The number of aromatic nitrogens is 1. The predicted molar refractivity (Wildman–Crippen MR) is 103 cm³/mol. The summed E-state index contributed by atoms with van der Waals surface area (Å²) in [5.74, 6) is 0.0623. The van der Waals surface area contributed by atoms with Crippen LogP contribution in [0.3, 0.4) is 0 Å².